The highest BCUT2D eigenvalue weighted by Gasteiger charge is 2.15. The van der Waals surface area contributed by atoms with Crippen molar-refractivity contribution in [2.45, 2.75) is 20.4 Å². The molecule has 5 aromatic rings. The number of nitrogens with zero attached hydrogens (tertiary/aromatic N) is 4. The van der Waals surface area contributed by atoms with Gasteiger partial charge < -0.3 is 23.8 Å². The zero-order valence-electron chi connectivity index (χ0n) is 20.3. The normalized spacial score (nSPS) is 11.1. The van der Waals surface area contributed by atoms with Crippen LogP contribution >= 0.6 is 0 Å². The predicted molar refractivity (Wildman–Crippen MR) is 136 cm³/mol. The van der Waals surface area contributed by atoms with E-state index in [2.05, 4.69) is 20.3 Å². The van der Waals surface area contributed by atoms with E-state index in [0.717, 1.165) is 27.9 Å². The molecule has 1 N–H and O–H groups in total. The first kappa shape index (κ1) is 23.3. The second kappa shape index (κ2) is 10.1. The largest absolute Gasteiger partial charge is 0.496 e. The molecule has 2 aromatic carbocycles. The van der Waals surface area contributed by atoms with Gasteiger partial charge >= 0.3 is 0 Å². The lowest BCUT2D eigenvalue weighted by Crippen LogP contribution is -2.13. The Morgan fingerprint density at radius 2 is 1.94 bits per heavy atom. The van der Waals surface area contributed by atoms with Gasteiger partial charge in [0.1, 0.15) is 35.7 Å². The number of benzene rings is 2. The number of nitrogens with one attached hydrogen (secondary N) is 1. The zero-order chi connectivity index (χ0) is 25.1. The molecule has 8 nitrogen and oxygen atoms in total. The molecule has 0 spiro atoms. The summed E-state index contributed by atoms with van der Waals surface area (Å²) in [4.78, 5) is 13.0. The quantitative estimate of drug-likeness (QED) is 0.284. The number of halogens is 1. The molecule has 0 amide bonds. The van der Waals surface area contributed by atoms with E-state index >= 15 is 0 Å². The Hall–Kier alpha value is -4.40. The highest BCUT2D eigenvalue weighted by Crippen LogP contribution is 2.34. The molecule has 0 radical (unpaired) electrons. The van der Waals surface area contributed by atoms with Gasteiger partial charge in [-0.15, -0.1) is 0 Å². The van der Waals surface area contributed by atoms with E-state index in [1.807, 2.05) is 48.7 Å². The van der Waals surface area contributed by atoms with Gasteiger partial charge in [0.15, 0.2) is 0 Å². The molecular formula is C27H26FN5O3. The highest BCUT2D eigenvalue weighted by atomic mass is 19.1. The van der Waals surface area contributed by atoms with Gasteiger partial charge in [-0.25, -0.2) is 19.3 Å². The molecule has 0 aliphatic heterocycles. The number of fused-ring (bicyclic) bond motifs is 1. The maximum absolute atomic E-state index is 14.6. The molecule has 9 heteroatoms. The molecule has 0 bridgehead atoms. The van der Waals surface area contributed by atoms with Crippen LogP contribution in [0, 0.1) is 12.7 Å². The first-order chi connectivity index (χ1) is 17.6. The Balaban J connectivity index is 1.35. The Morgan fingerprint density at radius 3 is 2.72 bits per heavy atom. The molecule has 0 aliphatic carbocycles. The van der Waals surface area contributed by atoms with Crippen LogP contribution in [-0.4, -0.2) is 39.8 Å². The van der Waals surface area contributed by atoms with Crippen molar-refractivity contribution in [2.24, 2.45) is 0 Å². The Kier molecular flexibility index (Phi) is 6.53. The number of aryl methyl sites for hydroxylation is 1. The van der Waals surface area contributed by atoms with Gasteiger partial charge in [0.05, 0.1) is 36.7 Å². The molecule has 0 unspecified atom stereocenters. The summed E-state index contributed by atoms with van der Waals surface area (Å²) in [5, 5.41) is 4.09. The van der Waals surface area contributed by atoms with E-state index in [1.54, 1.807) is 19.4 Å². The van der Waals surface area contributed by atoms with Crippen LogP contribution in [0.15, 0.2) is 65.7 Å². The van der Waals surface area contributed by atoms with Crippen molar-refractivity contribution in [1.82, 2.24) is 19.5 Å². The maximum Gasteiger partial charge on any atom is 0.229 e. The van der Waals surface area contributed by atoms with Crippen molar-refractivity contribution in [2.75, 3.05) is 25.6 Å². The number of anilines is 1. The summed E-state index contributed by atoms with van der Waals surface area (Å²) in [5.41, 5.74) is 3.88. The third-order valence-corrected chi connectivity index (χ3v) is 5.95. The lowest BCUT2D eigenvalue weighted by atomic mass is 10.1. The number of oxazole rings is 1. The summed E-state index contributed by atoms with van der Waals surface area (Å²) in [6.07, 6.45) is 4.65. The standard InChI is InChI=1S/C27H26FN5O3/c1-4-35-24-14-18(5-6-19(24)27-30-10-12-36-27)22-15-25(32-16-31-22)29-9-11-33-17(2)13-20-23(34-3)8-7-21(28)26(20)33/h5-8,10,12-16H,4,9,11H2,1-3H3,(H,29,31,32). The van der Waals surface area contributed by atoms with Gasteiger partial charge in [0.25, 0.3) is 0 Å². The van der Waals surface area contributed by atoms with Gasteiger partial charge in [-0.1, -0.05) is 6.07 Å². The van der Waals surface area contributed by atoms with Crippen molar-refractivity contribution in [3.8, 4) is 34.2 Å². The number of aromatic nitrogens is 4. The molecule has 36 heavy (non-hydrogen) atoms. The van der Waals surface area contributed by atoms with E-state index in [-0.39, 0.29) is 5.82 Å². The number of rotatable bonds is 9. The average molecular weight is 488 g/mol. The predicted octanol–water partition coefficient (Wildman–Crippen LogP) is 5.72. The topological polar surface area (TPSA) is 87.2 Å². The maximum atomic E-state index is 14.6. The Bertz CT molecular complexity index is 1500. The van der Waals surface area contributed by atoms with Gasteiger partial charge in [-0.2, -0.15) is 0 Å². The Labute approximate surface area is 207 Å². The fraction of sp³-hybridized carbons (Fsp3) is 0.222. The number of methoxy groups -OCH3 is 1. The molecule has 0 saturated heterocycles. The third-order valence-electron chi connectivity index (χ3n) is 5.95. The number of ether oxygens (including phenoxy) is 2. The zero-order valence-corrected chi connectivity index (χ0v) is 20.3. The summed E-state index contributed by atoms with van der Waals surface area (Å²) in [5.74, 6) is 2.21. The molecule has 184 valence electrons. The van der Waals surface area contributed by atoms with Crippen LogP contribution in [0.25, 0.3) is 33.6 Å². The lowest BCUT2D eigenvalue weighted by Gasteiger charge is -2.12. The smallest absolute Gasteiger partial charge is 0.229 e. The van der Waals surface area contributed by atoms with Crippen LogP contribution < -0.4 is 14.8 Å². The molecule has 3 heterocycles. The van der Waals surface area contributed by atoms with Gasteiger partial charge in [-0.05, 0) is 44.2 Å². The monoisotopic (exact) mass is 487 g/mol. The second-order valence-electron chi connectivity index (χ2n) is 8.15. The van der Waals surface area contributed by atoms with E-state index in [0.29, 0.717) is 48.4 Å². The second-order valence-corrected chi connectivity index (χ2v) is 8.15. The molecular weight excluding hydrogens is 461 g/mol. The summed E-state index contributed by atoms with van der Waals surface area (Å²) in [6.45, 7) is 5.49. The molecule has 0 saturated carbocycles. The fourth-order valence-corrected chi connectivity index (χ4v) is 4.30. The first-order valence-electron chi connectivity index (χ1n) is 11.6. The molecule has 0 fully saturated rings. The van der Waals surface area contributed by atoms with Crippen LogP contribution in [0.2, 0.25) is 0 Å². The molecule has 0 aliphatic rings. The Morgan fingerprint density at radius 1 is 1.06 bits per heavy atom. The van der Waals surface area contributed by atoms with E-state index in [1.165, 1.54) is 18.7 Å². The van der Waals surface area contributed by atoms with Crippen LogP contribution in [-0.2, 0) is 6.54 Å². The van der Waals surface area contributed by atoms with Crippen LogP contribution in [0.5, 0.6) is 11.5 Å². The van der Waals surface area contributed by atoms with E-state index < -0.39 is 0 Å². The van der Waals surface area contributed by atoms with Crippen molar-refractivity contribution < 1.29 is 18.3 Å². The van der Waals surface area contributed by atoms with E-state index in [4.69, 9.17) is 13.9 Å². The van der Waals surface area contributed by atoms with Crippen molar-refractivity contribution in [3.05, 3.63) is 72.8 Å². The summed E-state index contributed by atoms with van der Waals surface area (Å²) in [6, 6.07) is 12.7. The molecule has 5 rings (SSSR count). The lowest BCUT2D eigenvalue weighted by molar-refractivity contribution is 0.340. The van der Waals surface area contributed by atoms with Crippen molar-refractivity contribution in [3.63, 3.8) is 0 Å². The minimum atomic E-state index is -0.276. The minimum absolute atomic E-state index is 0.276. The number of hydrogen-bond donors (Lipinski definition) is 1. The van der Waals surface area contributed by atoms with Crippen LogP contribution in [0.1, 0.15) is 12.6 Å². The van der Waals surface area contributed by atoms with Crippen LogP contribution in [0.3, 0.4) is 0 Å². The van der Waals surface area contributed by atoms with Gasteiger partial charge in [-0.3, -0.25) is 0 Å². The third kappa shape index (κ3) is 4.47. The van der Waals surface area contributed by atoms with Crippen LogP contribution in [0.4, 0.5) is 10.2 Å². The van der Waals surface area contributed by atoms with Gasteiger partial charge in [0.2, 0.25) is 5.89 Å². The van der Waals surface area contributed by atoms with Gasteiger partial charge in [0, 0.05) is 35.8 Å². The molecule has 3 aromatic heterocycles. The number of hydrogen-bond acceptors (Lipinski definition) is 7. The fourth-order valence-electron chi connectivity index (χ4n) is 4.30. The van der Waals surface area contributed by atoms with Crippen molar-refractivity contribution in [1.29, 1.82) is 0 Å². The highest BCUT2D eigenvalue weighted by molar-refractivity contribution is 5.88. The van der Waals surface area contributed by atoms with E-state index in [9.17, 15) is 4.39 Å². The summed E-state index contributed by atoms with van der Waals surface area (Å²) in [7, 11) is 1.59. The SMILES string of the molecule is CCOc1cc(-c2cc(NCCn3c(C)cc4c(OC)ccc(F)c43)ncn2)ccc1-c1ncco1. The molecule has 0 atom stereocenters. The summed E-state index contributed by atoms with van der Waals surface area (Å²) < 4.78 is 33.3. The van der Waals surface area contributed by atoms with Crippen molar-refractivity contribution >= 4 is 16.7 Å². The average Bonchev–Trinajstić information content (AvgIpc) is 3.54. The first-order valence-corrected chi connectivity index (χ1v) is 11.6. The summed E-state index contributed by atoms with van der Waals surface area (Å²) >= 11 is 0. The minimum Gasteiger partial charge on any atom is -0.496 e.